The van der Waals surface area contributed by atoms with E-state index in [9.17, 15) is 0 Å². The van der Waals surface area contributed by atoms with Crippen molar-refractivity contribution >= 4 is 17.4 Å². The van der Waals surface area contributed by atoms with Crippen LogP contribution in [0.2, 0.25) is 0 Å². The Morgan fingerprint density at radius 2 is 2.31 bits per heavy atom. The molecule has 0 bridgehead atoms. The van der Waals surface area contributed by atoms with E-state index in [1.54, 1.807) is 6.20 Å². The fourth-order valence-corrected chi connectivity index (χ4v) is 1.72. The Labute approximate surface area is 96.2 Å². The van der Waals surface area contributed by atoms with E-state index in [1.807, 2.05) is 6.92 Å². The van der Waals surface area contributed by atoms with Gasteiger partial charge in [0.1, 0.15) is 23.3 Å². The lowest BCUT2D eigenvalue weighted by molar-refractivity contribution is 0.327. The van der Waals surface area contributed by atoms with E-state index >= 15 is 0 Å². The van der Waals surface area contributed by atoms with E-state index in [0.29, 0.717) is 28.4 Å². The third kappa shape index (κ3) is 2.25. The number of oxazole rings is 1. The fraction of sp³-hybridized carbons (Fsp3) is 0.222. The van der Waals surface area contributed by atoms with Gasteiger partial charge < -0.3 is 14.9 Å². The molecule has 2 aromatic rings. The molecule has 7 heteroatoms. The standard InChI is InChI=1S/C9H10N4O2S/c1-2-14-7-6(10)8(13-5-12-7)16-9-11-3-4-15-9/h3-5H,2,10H2,1H3. The summed E-state index contributed by atoms with van der Waals surface area (Å²) >= 11 is 1.23. The van der Waals surface area contributed by atoms with E-state index in [1.165, 1.54) is 24.4 Å². The smallest absolute Gasteiger partial charge is 0.262 e. The number of nitrogens with zero attached hydrogens (tertiary/aromatic N) is 3. The number of hydrogen-bond donors (Lipinski definition) is 1. The van der Waals surface area contributed by atoms with Crippen LogP contribution in [0, 0.1) is 0 Å². The van der Waals surface area contributed by atoms with Gasteiger partial charge in [-0.25, -0.2) is 9.97 Å². The summed E-state index contributed by atoms with van der Waals surface area (Å²) in [4.78, 5) is 11.9. The Kier molecular flexibility index (Phi) is 3.25. The average Bonchev–Trinajstić information content (AvgIpc) is 2.77. The number of rotatable bonds is 4. The minimum absolute atomic E-state index is 0.381. The molecule has 0 spiro atoms. The van der Waals surface area contributed by atoms with E-state index in [0.717, 1.165) is 0 Å². The molecule has 2 rings (SSSR count). The molecule has 0 saturated heterocycles. The average molecular weight is 238 g/mol. The zero-order chi connectivity index (χ0) is 11.4. The zero-order valence-electron chi connectivity index (χ0n) is 8.58. The van der Waals surface area contributed by atoms with E-state index in [4.69, 9.17) is 14.9 Å². The maximum atomic E-state index is 5.85. The predicted molar refractivity (Wildman–Crippen MR) is 58.2 cm³/mol. The van der Waals surface area contributed by atoms with Gasteiger partial charge in [0, 0.05) is 0 Å². The highest BCUT2D eigenvalue weighted by Gasteiger charge is 2.12. The van der Waals surface area contributed by atoms with Crippen LogP contribution in [0.25, 0.3) is 0 Å². The maximum Gasteiger partial charge on any atom is 0.262 e. The first kappa shape index (κ1) is 10.7. The monoisotopic (exact) mass is 238 g/mol. The molecule has 0 aliphatic rings. The summed E-state index contributed by atoms with van der Waals surface area (Å²) in [6, 6.07) is 0. The Balaban J connectivity index is 2.24. The zero-order valence-corrected chi connectivity index (χ0v) is 9.40. The summed E-state index contributed by atoms with van der Waals surface area (Å²) in [6.45, 7) is 2.37. The minimum atomic E-state index is 0.381. The molecule has 0 amide bonds. The van der Waals surface area contributed by atoms with Gasteiger partial charge in [-0.3, -0.25) is 0 Å². The van der Waals surface area contributed by atoms with Gasteiger partial charge in [0.2, 0.25) is 5.88 Å². The molecule has 84 valence electrons. The van der Waals surface area contributed by atoms with Crippen LogP contribution >= 0.6 is 11.8 Å². The van der Waals surface area contributed by atoms with Crippen molar-refractivity contribution in [1.29, 1.82) is 0 Å². The Morgan fingerprint density at radius 1 is 1.44 bits per heavy atom. The van der Waals surface area contributed by atoms with Gasteiger partial charge in [0.05, 0.1) is 12.8 Å². The third-order valence-electron chi connectivity index (χ3n) is 1.69. The molecule has 2 aromatic heterocycles. The van der Waals surface area contributed by atoms with Gasteiger partial charge >= 0.3 is 0 Å². The summed E-state index contributed by atoms with van der Waals surface area (Å²) in [5.41, 5.74) is 6.24. The van der Waals surface area contributed by atoms with Gasteiger partial charge in [0.25, 0.3) is 5.22 Å². The minimum Gasteiger partial charge on any atom is -0.476 e. The van der Waals surface area contributed by atoms with Crippen LogP contribution in [0.5, 0.6) is 5.88 Å². The van der Waals surface area contributed by atoms with E-state index in [2.05, 4.69) is 15.0 Å². The lowest BCUT2D eigenvalue weighted by Gasteiger charge is -2.06. The van der Waals surface area contributed by atoms with Crippen molar-refractivity contribution < 1.29 is 9.15 Å². The van der Waals surface area contributed by atoms with E-state index in [-0.39, 0.29) is 0 Å². The molecule has 0 aliphatic carbocycles. The normalized spacial score (nSPS) is 10.3. The number of hydrogen-bond acceptors (Lipinski definition) is 7. The Morgan fingerprint density at radius 3 is 3.00 bits per heavy atom. The first-order chi connectivity index (χ1) is 7.81. The van der Waals surface area contributed by atoms with Crippen molar-refractivity contribution in [3.05, 3.63) is 18.8 Å². The summed E-state index contributed by atoms with van der Waals surface area (Å²) in [5, 5.41) is 1.05. The van der Waals surface area contributed by atoms with Crippen LogP contribution in [0.15, 0.2) is 33.5 Å². The van der Waals surface area contributed by atoms with Crippen molar-refractivity contribution in [2.24, 2.45) is 0 Å². The molecule has 2 heterocycles. The highest BCUT2D eigenvalue weighted by Crippen LogP contribution is 2.32. The van der Waals surface area contributed by atoms with Crippen LogP contribution in [0.4, 0.5) is 5.69 Å². The third-order valence-corrected chi connectivity index (χ3v) is 2.58. The second-order valence-electron chi connectivity index (χ2n) is 2.73. The fourth-order valence-electron chi connectivity index (χ4n) is 1.04. The van der Waals surface area contributed by atoms with Crippen LogP contribution < -0.4 is 10.5 Å². The lowest BCUT2D eigenvalue weighted by atomic mass is 10.5. The number of nitrogen functional groups attached to an aromatic ring is 1. The second-order valence-corrected chi connectivity index (χ2v) is 3.67. The van der Waals surface area contributed by atoms with Crippen LogP contribution in [0.1, 0.15) is 6.92 Å². The Bertz CT molecular complexity index is 461. The molecule has 0 radical (unpaired) electrons. The molecular weight excluding hydrogens is 228 g/mol. The van der Waals surface area contributed by atoms with E-state index < -0.39 is 0 Å². The second kappa shape index (κ2) is 4.84. The van der Waals surface area contributed by atoms with Gasteiger partial charge in [-0.1, -0.05) is 0 Å². The predicted octanol–water partition coefficient (Wildman–Crippen LogP) is 1.60. The summed E-state index contributed by atoms with van der Waals surface area (Å²) in [7, 11) is 0. The molecular formula is C9H10N4O2S. The molecule has 0 aliphatic heterocycles. The van der Waals surface area contributed by atoms with Crippen LogP contribution in [0.3, 0.4) is 0 Å². The van der Waals surface area contributed by atoms with Gasteiger partial charge in [-0.2, -0.15) is 4.98 Å². The first-order valence-electron chi connectivity index (χ1n) is 4.62. The van der Waals surface area contributed by atoms with Crippen molar-refractivity contribution in [3.8, 4) is 5.88 Å². The van der Waals surface area contributed by atoms with Crippen molar-refractivity contribution in [2.45, 2.75) is 17.2 Å². The number of aromatic nitrogens is 3. The largest absolute Gasteiger partial charge is 0.476 e. The van der Waals surface area contributed by atoms with Crippen molar-refractivity contribution in [2.75, 3.05) is 12.3 Å². The molecule has 2 N–H and O–H groups in total. The molecule has 0 fully saturated rings. The summed E-state index contributed by atoms with van der Waals surface area (Å²) < 4.78 is 10.3. The van der Waals surface area contributed by atoms with Gasteiger partial charge in [-0.15, -0.1) is 0 Å². The first-order valence-corrected chi connectivity index (χ1v) is 5.43. The van der Waals surface area contributed by atoms with Crippen LogP contribution in [-0.2, 0) is 0 Å². The van der Waals surface area contributed by atoms with Crippen molar-refractivity contribution in [1.82, 2.24) is 15.0 Å². The summed E-state index contributed by atoms with van der Waals surface area (Å²) in [6.07, 6.45) is 4.44. The molecule has 0 unspecified atom stereocenters. The lowest BCUT2D eigenvalue weighted by Crippen LogP contribution is -2.02. The quantitative estimate of drug-likeness (QED) is 0.809. The molecule has 6 nitrogen and oxygen atoms in total. The summed E-state index contributed by atoms with van der Waals surface area (Å²) in [5.74, 6) is 0.381. The van der Waals surface area contributed by atoms with Crippen LogP contribution in [-0.4, -0.2) is 21.6 Å². The highest BCUT2D eigenvalue weighted by molar-refractivity contribution is 7.99. The highest BCUT2D eigenvalue weighted by atomic mass is 32.2. The number of ether oxygens (including phenoxy) is 1. The number of anilines is 1. The SMILES string of the molecule is CCOc1ncnc(Sc2ncco2)c1N. The topological polar surface area (TPSA) is 87.1 Å². The molecule has 0 saturated carbocycles. The van der Waals surface area contributed by atoms with Gasteiger partial charge in [-0.05, 0) is 18.7 Å². The molecule has 16 heavy (non-hydrogen) atoms. The number of nitrogens with two attached hydrogens (primary N) is 1. The van der Waals surface area contributed by atoms with Gasteiger partial charge in [0.15, 0.2) is 0 Å². The van der Waals surface area contributed by atoms with Crippen molar-refractivity contribution in [3.63, 3.8) is 0 Å². The molecule has 0 aromatic carbocycles. The Hall–Kier alpha value is -1.76. The molecule has 0 atom stereocenters. The maximum absolute atomic E-state index is 5.85.